The Balaban J connectivity index is 1.36. The Morgan fingerprint density at radius 2 is 1.95 bits per heavy atom. The first-order valence-corrected chi connectivity index (χ1v) is 12.8. The van der Waals surface area contributed by atoms with Crippen molar-refractivity contribution in [1.29, 1.82) is 0 Å². The van der Waals surface area contributed by atoms with Gasteiger partial charge in [0, 0.05) is 30.8 Å². The minimum Gasteiger partial charge on any atom is -0.497 e. The average molecular weight is 521 g/mol. The highest BCUT2D eigenvalue weighted by atomic mass is 16.6. The van der Waals surface area contributed by atoms with Gasteiger partial charge in [0.1, 0.15) is 12.3 Å². The van der Waals surface area contributed by atoms with Gasteiger partial charge in [-0.25, -0.2) is 14.5 Å². The summed E-state index contributed by atoms with van der Waals surface area (Å²) in [5.41, 5.74) is 2.59. The highest BCUT2D eigenvalue weighted by molar-refractivity contribution is 6.06. The number of carbonyl (C=O) groups is 4. The van der Waals surface area contributed by atoms with E-state index < -0.39 is 17.6 Å². The molecule has 5 amide bonds. The van der Waals surface area contributed by atoms with Crippen LogP contribution in [-0.2, 0) is 26.3 Å². The summed E-state index contributed by atoms with van der Waals surface area (Å²) in [6.45, 7) is 3.60. The van der Waals surface area contributed by atoms with Crippen LogP contribution in [0.2, 0.25) is 0 Å². The molecule has 3 aliphatic rings. The van der Waals surface area contributed by atoms with Crippen LogP contribution in [0.25, 0.3) is 0 Å². The fraction of sp³-hybridized carbons (Fsp3) is 0.429. The first kappa shape index (κ1) is 25.6. The van der Waals surface area contributed by atoms with Crippen molar-refractivity contribution in [2.75, 3.05) is 26.0 Å². The summed E-state index contributed by atoms with van der Waals surface area (Å²) in [6.07, 6.45) is 1.59. The number of benzene rings is 2. The molecule has 1 spiro atoms. The van der Waals surface area contributed by atoms with E-state index in [1.807, 2.05) is 32.0 Å². The van der Waals surface area contributed by atoms with E-state index in [2.05, 4.69) is 10.6 Å². The van der Waals surface area contributed by atoms with Crippen LogP contribution in [0.1, 0.15) is 54.5 Å². The maximum atomic E-state index is 13.6. The van der Waals surface area contributed by atoms with E-state index in [-0.39, 0.29) is 37.0 Å². The molecule has 0 bridgehead atoms. The fourth-order valence-corrected chi connectivity index (χ4v) is 6.00. The first-order chi connectivity index (χ1) is 18.2. The largest absolute Gasteiger partial charge is 0.497 e. The third-order valence-electron chi connectivity index (χ3n) is 7.93. The minimum absolute atomic E-state index is 0.0323. The zero-order valence-electron chi connectivity index (χ0n) is 22.0. The van der Waals surface area contributed by atoms with Crippen molar-refractivity contribution in [1.82, 2.24) is 15.1 Å². The number of ether oxygens (including phenoxy) is 2. The number of imide groups is 1. The smallest absolute Gasteiger partial charge is 0.418 e. The van der Waals surface area contributed by atoms with Gasteiger partial charge in [0.2, 0.25) is 11.5 Å². The molecule has 0 radical (unpaired) electrons. The number of hydrogen-bond donors (Lipinski definition) is 2. The van der Waals surface area contributed by atoms with Crippen LogP contribution >= 0.6 is 0 Å². The van der Waals surface area contributed by atoms with Crippen molar-refractivity contribution >= 4 is 29.6 Å². The van der Waals surface area contributed by atoms with E-state index in [0.717, 1.165) is 40.2 Å². The SMILES string of the molecule is CNC(=O)Nc1ccc2c(c1)CCC21OC(=O)N(CC(=O)N2[C@H](C)CC[C@H]2c2ccc(OC)cc2C)C1=O. The summed E-state index contributed by atoms with van der Waals surface area (Å²) in [7, 11) is 3.14. The fourth-order valence-electron chi connectivity index (χ4n) is 6.00. The van der Waals surface area contributed by atoms with Crippen LogP contribution in [0, 0.1) is 6.92 Å². The summed E-state index contributed by atoms with van der Waals surface area (Å²) < 4.78 is 11.0. The lowest BCUT2D eigenvalue weighted by molar-refractivity contribution is -0.143. The number of likely N-dealkylation sites (tertiary alicyclic amines) is 1. The number of nitrogens with zero attached hydrogens (tertiary/aromatic N) is 2. The van der Waals surface area contributed by atoms with Gasteiger partial charge in [0.05, 0.1) is 13.2 Å². The summed E-state index contributed by atoms with van der Waals surface area (Å²) in [5, 5.41) is 5.20. The lowest BCUT2D eigenvalue weighted by Crippen LogP contribution is -2.46. The topological polar surface area (TPSA) is 117 Å². The van der Waals surface area contributed by atoms with Crippen LogP contribution in [0.15, 0.2) is 36.4 Å². The lowest BCUT2D eigenvalue weighted by atomic mass is 9.94. The Hall–Kier alpha value is -4.08. The van der Waals surface area contributed by atoms with Crippen molar-refractivity contribution in [3.05, 3.63) is 58.7 Å². The van der Waals surface area contributed by atoms with Crippen LogP contribution in [0.5, 0.6) is 5.75 Å². The molecule has 5 rings (SSSR count). The number of nitrogens with one attached hydrogen (secondary N) is 2. The highest BCUT2D eigenvalue weighted by Gasteiger charge is 2.58. The molecule has 2 N–H and O–H groups in total. The van der Waals surface area contributed by atoms with Gasteiger partial charge in [-0.15, -0.1) is 0 Å². The molecule has 0 saturated carbocycles. The average Bonchev–Trinajstić information content (AvgIpc) is 3.53. The zero-order chi connectivity index (χ0) is 27.2. The van der Waals surface area contributed by atoms with Gasteiger partial charge in [-0.1, -0.05) is 12.1 Å². The van der Waals surface area contributed by atoms with Crippen LogP contribution in [0.4, 0.5) is 15.3 Å². The molecule has 200 valence electrons. The number of fused-ring (bicyclic) bond motifs is 2. The van der Waals surface area contributed by atoms with Gasteiger partial charge in [-0.3, -0.25) is 9.59 Å². The zero-order valence-corrected chi connectivity index (χ0v) is 22.0. The molecule has 2 fully saturated rings. The molecule has 10 nitrogen and oxygen atoms in total. The monoisotopic (exact) mass is 520 g/mol. The van der Waals surface area contributed by atoms with Crippen molar-refractivity contribution in [3.63, 3.8) is 0 Å². The normalized spacial score (nSPS) is 24.0. The highest BCUT2D eigenvalue weighted by Crippen LogP contribution is 2.46. The van der Waals surface area contributed by atoms with Crippen molar-refractivity contribution in [2.45, 2.75) is 57.2 Å². The molecule has 2 aromatic rings. The maximum absolute atomic E-state index is 13.6. The molecule has 2 saturated heterocycles. The van der Waals surface area contributed by atoms with E-state index in [4.69, 9.17) is 9.47 Å². The Kier molecular flexibility index (Phi) is 6.50. The molecule has 3 atom stereocenters. The number of aryl methyl sites for hydroxylation is 2. The van der Waals surface area contributed by atoms with Gasteiger partial charge < -0.3 is 25.0 Å². The van der Waals surface area contributed by atoms with E-state index in [9.17, 15) is 19.2 Å². The summed E-state index contributed by atoms with van der Waals surface area (Å²) in [6, 6.07) is 10.4. The van der Waals surface area contributed by atoms with Crippen molar-refractivity contribution in [2.24, 2.45) is 0 Å². The molecule has 2 aromatic carbocycles. The maximum Gasteiger partial charge on any atom is 0.418 e. The Morgan fingerprint density at radius 3 is 2.66 bits per heavy atom. The van der Waals surface area contributed by atoms with Crippen molar-refractivity contribution < 1.29 is 28.7 Å². The van der Waals surface area contributed by atoms with E-state index in [0.29, 0.717) is 17.7 Å². The number of amides is 5. The first-order valence-electron chi connectivity index (χ1n) is 12.8. The molecule has 0 aromatic heterocycles. The number of hydrogen-bond acceptors (Lipinski definition) is 6. The second-order valence-corrected chi connectivity index (χ2v) is 10.1. The van der Waals surface area contributed by atoms with Crippen molar-refractivity contribution in [3.8, 4) is 5.75 Å². The standard InChI is InChI=1S/C28H32N4O6/c1-16-13-20(37-4)7-8-21(16)23-10-5-17(2)32(23)24(33)15-31-25(34)28(38-27(31)36)12-11-18-14-19(6-9-22(18)28)30-26(35)29-3/h6-9,13-14,17,23H,5,10-12,15H2,1-4H3,(H2,29,30,35)/t17-,23+,28?/m1/s1. The summed E-state index contributed by atoms with van der Waals surface area (Å²) in [4.78, 5) is 54.6. The lowest BCUT2D eigenvalue weighted by Gasteiger charge is -2.31. The summed E-state index contributed by atoms with van der Waals surface area (Å²) in [5.74, 6) is -0.0641. The Labute approximate surface area is 221 Å². The number of urea groups is 1. The Bertz CT molecular complexity index is 1330. The van der Waals surface area contributed by atoms with Crippen LogP contribution in [0.3, 0.4) is 0 Å². The van der Waals surface area contributed by atoms with Gasteiger partial charge in [-0.2, -0.15) is 0 Å². The Morgan fingerprint density at radius 1 is 1.16 bits per heavy atom. The molecule has 1 unspecified atom stereocenters. The molecule has 10 heteroatoms. The second kappa shape index (κ2) is 9.66. The molecule has 1 aliphatic carbocycles. The predicted molar refractivity (Wildman–Crippen MR) is 139 cm³/mol. The van der Waals surface area contributed by atoms with Gasteiger partial charge >= 0.3 is 12.1 Å². The third kappa shape index (κ3) is 4.13. The molecular weight excluding hydrogens is 488 g/mol. The van der Waals surface area contributed by atoms with E-state index in [1.54, 1.807) is 30.2 Å². The van der Waals surface area contributed by atoms with Gasteiger partial charge in [0.25, 0.3) is 5.91 Å². The molecule has 2 heterocycles. The number of carbonyl (C=O) groups excluding carboxylic acids is 4. The van der Waals surface area contributed by atoms with Crippen LogP contribution < -0.4 is 15.4 Å². The molecular formula is C28H32N4O6. The van der Waals surface area contributed by atoms with Gasteiger partial charge in [-0.05, 0) is 74.1 Å². The molecule has 38 heavy (non-hydrogen) atoms. The third-order valence-corrected chi connectivity index (χ3v) is 7.93. The van der Waals surface area contributed by atoms with E-state index in [1.165, 1.54) is 7.05 Å². The predicted octanol–water partition coefficient (Wildman–Crippen LogP) is 3.63. The van der Waals surface area contributed by atoms with E-state index >= 15 is 0 Å². The number of anilines is 1. The van der Waals surface area contributed by atoms with Gasteiger partial charge in [0.15, 0.2) is 0 Å². The number of rotatable bonds is 5. The second-order valence-electron chi connectivity index (χ2n) is 10.1. The quantitative estimate of drug-likeness (QED) is 0.622. The number of methoxy groups -OCH3 is 1. The van der Waals surface area contributed by atoms with Crippen LogP contribution in [-0.4, -0.2) is 60.5 Å². The molecule has 2 aliphatic heterocycles. The minimum atomic E-state index is -1.44. The summed E-state index contributed by atoms with van der Waals surface area (Å²) >= 11 is 0.